The average molecular weight is 373 g/mol. The van der Waals surface area contributed by atoms with Crippen molar-refractivity contribution in [3.63, 3.8) is 0 Å². The van der Waals surface area contributed by atoms with E-state index in [9.17, 15) is 9.59 Å². The molecule has 0 aliphatic heterocycles. The van der Waals surface area contributed by atoms with Crippen molar-refractivity contribution >= 4 is 49.6 Å². The molecule has 0 atom stereocenters. The van der Waals surface area contributed by atoms with Gasteiger partial charge >= 0.3 is 5.76 Å². The molecule has 4 rings (SSSR count). The number of halogens is 1. The van der Waals surface area contributed by atoms with Crippen LogP contribution in [-0.4, -0.2) is 10.9 Å². The second-order valence-corrected chi connectivity index (χ2v) is 5.77. The van der Waals surface area contributed by atoms with Gasteiger partial charge in [0.2, 0.25) is 0 Å². The standard InChI is InChI=1S/C16H9BrN2O4/c17-9-3-1-6-12-8(9)7-13(22-12)15(20)18-10-4-2-5-11-14(10)23-16(21)19-11/h1-7H,(H,18,20)(H,19,21). The molecule has 4 aromatic rings. The predicted molar refractivity (Wildman–Crippen MR) is 88.7 cm³/mol. The summed E-state index contributed by atoms with van der Waals surface area (Å²) in [5.74, 6) is -0.833. The molecule has 0 unspecified atom stereocenters. The van der Waals surface area contributed by atoms with Crippen LogP contribution in [0.3, 0.4) is 0 Å². The first-order valence-corrected chi connectivity index (χ1v) is 7.52. The van der Waals surface area contributed by atoms with E-state index in [1.165, 1.54) is 0 Å². The number of aromatic nitrogens is 1. The molecule has 1 amide bonds. The van der Waals surface area contributed by atoms with Crippen LogP contribution in [0.15, 0.2) is 60.6 Å². The van der Waals surface area contributed by atoms with Gasteiger partial charge in [0.25, 0.3) is 5.91 Å². The number of para-hydroxylation sites is 1. The Kier molecular flexibility index (Phi) is 3.09. The van der Waals surface area contributed by atoms with E-state index in [0.29, 0.717) is 22.4 Å². The molecule has 0 bridgehead atoms. The quantitative estimate of drug-likeness (QED) is 0.558. The summed E-state index contributed by atoms with van der Waals surface area (Å²) < 4.78 is 11.5. The Hall–Kier alpha value is -2.80. The molecule has 7 heteroatoms. The number of benzene rings is 2. The monoisotopic (exact) mass is 372 g/mol. The molecule has 2 N–H and O–H groups in total. The summed E-state index contributed by atoms with van der Waals surface area (Å²) in [6.45, 7) is 0. The number of H-pyrrole nitrogens is 1. The Balaban J connectivity index is 1.73. The van der Waals surface area contributed by atoms with Gasteiger partial charge in [-0.2, -0.15) is 0 Å². The van der Waals surface area contributed by atoms with Gasteiger partial charge < -0.3 is 14.2 Å². The highest BCUT2D eigenvalue weighted by atomic mass is 79.9. The van der Waals surface area contributed by atoms with E-state index in [1.807, 2.05) is 12.1 Å². The molecule has 2 heterocycles. The van der Waals surface area contributed by atoms with Crippen LogP contribution in [0.2, 0.25) is 0 Å². The van der Waals surface area contributed by atoms with Gasteiger partial charge in [0, 0.05) is 9.86 Å². The van der Waals surface area contributed by atoms with Crippen molar-refractivity contribution in [1.29, 1.82) is 0 Å². The maximum atomic E-state index is 12.4. The Morgan fingerprint density at radius 3 is 2.78 bits per heavy atom. The number of rotatable bonds is 2. The van der Waals surface area contributed by atoms with Crippen LogP contribution in [-0.2, 0) is 0 Å². The average Bonchev–Trinajstić information content (AvgIpc) is 3.11. The summed E-state index contributed by atoms with van der Waals surface area (Å²) in [7, 11) is 0. The summed E-state index contributed by atoms with van der Waals surface area (Å²) in [4.78, 5) is 26.2. The molecule has 114 valence electrons. The molecule has 0 radical (unpaired) electrons. The van der Waals surface area contributed by atoms with E-state index < -0.39 is 11.7 Å². The van der Waals surface area contributed by atoms with E-state index in [0.717, 1.165) is 9.86 Å². The molecule has 0 fully saturated rings. The Labute approximate surface area is 137 Å². The number of hydrogen-bond acceptors (Lipinski definition) is 4. The molecule has 0 aliphatic rings. The number of amides is 1. The zero-order chi connectivity index (χ0) is 16.0. The predicted octanol–water partition coefficient (Wildman–Crippen LogP) is 3.88. The van der Waals surface area contributed by atoms with E-state index in [-0.39, 0.29) is 5.76 Å². The van der Waals surface area contributed by atoms with E-state index in [4.69, 9.17) is 8.83 Å². The van der Waals surface area contributed by atoms with Gasteiger partial charge in [0.15, 0.2) is 11.3 Å². The fourth-order valence-corrected chi connectivity index (χ4v) is 2.86. The Morgan fingerprint density at radius 2 is 1.96 bits per heavy atom. The number of anilines is 1. The van der Waals surface area contributed by atoms with Crippen molar-refractivity contribution in [1.82, 2.24) is 4.98 Å². The molecule has 23 heavy (non-hydrogen) atoms. The Bertz CT molecular complexity index is 1110. The van der Waals surface area contributed by atoms with Crippen LogP contribution in [0, 0.1) is 0 Å². The minimum Gasteiger partial charge on any atom is -0.451 e. The number of nitrogens with one attached hydrogen (secondary N) is 2. The number of carbonyl (C=O) groups is 1. The largest absolute Gasteiger partial charge is 0.451 e. The number of aromatic amines is 1. The number of furan rings is 1. The van der Waals surface area contributed by atoms with Crippen LogP contribution in [0.1, 0.15) is 10.6 Å². The van der Waals surface area contributed by atoms with Crippen LogP contribution in [0.5, 0.6) is 0 Å². The minimum atomic E-state index is -0.575. The number of fused-ring (bicyclic) bond motifs is 2. The van der Waals surface area contributed by atoms with Gasteiger partial charge in [0.05, 0.1) is 11.2 Å². The maximum absolute atomic E-state index is 12.4. The zero-order valence-corrected chi connectivity index (χ0v) is 13.1. The normalized spacial score (nSPS) is 11.2. The lowest BCUT2D eigenvalue weighted by Gasteiger charge is -2.02. The summed E-state index contributed by atoms with van der Waals surface area (Å²) in [5.41, 5.74) is 1.81. The highest BCUT2D eigenvalue weighted by Crippen LogP contribution is 2.28. The van der Waals surface area contributed by atoms with Crippen molar-refractivity contribution in [2.75, 3.05) is 5.32 Å². The summed E-state index contributed by atoms with van der Waals surface area (Å²) in [6.07, 6.45) is 0. The van der Waals surface area contributed by atoms with Gasteiger partial charge in [-0.05, 0) is 30.3 Å². The third-order valence-electron chi connectivity index (χ3n) is 3.43. The van der Waals surface area contributed by atoms with Crippen molar-refractivity contribution < 1.29 is 13.6 Å². The topological polar surface area (TPSA) is 88.2 Å². The van der Waals surface area contributed by atoms with Crippen molar-refractivity contribution in [2.24, 2.45) is 0 Å². The van der Waals surface area contributed by atoms with Crippen LogP contribution < -0.4 is 11.1 Å². The fourth-order valence-electron chi connectivity index (χ4n) is 2.39. The van der Waals surface area contributed by atoms with E-state index >= 15 is 0 Å². The molecule has 2 aromatic carbocycles. The summed E-state index contributed by atoms with van der Waals surface area (Å²) >= 11 is 3.42. The molecule has 0 aliphatic carbocycles. The molecular formula is C16H9BrN2O4. The number of hydrogen-bond donors (Lipinski definition) is 2. The third-order valence-corrected chi connectivity index (χ3v) is 4.12. The number of carbonyl (C=O) groups excluding carboxylic acids is 1. The highest BCUT2D eigenvalue weighted by molar-refractivity contribution is 9.10. The first-order valence-electron chi connectivity index (χ1n) is 6.73. The third kappa shape index (κ3) is 2.35. The lowest BCUT2D eigenvalue weighted by Crippen LogP contribution is -2.10. The Morgan fingerprint density at radius 1 is 1.13 bits per heavy atom. The van der Waals surface area contributed by atoms with Crippen LogP contribution in [0.4, 0.5) is 5.69 Å². The van der Waals surface area contributed by atoms with Crippen LogP contribution >= 0.6 is 15.9 Å². The fraction of sp³-hybridized carbons (Fsp3) is 0. The highest BCUT2D eigenvalue weighted by Gasteiger charge is 2.16. The second kappa shape index (κ2) is 5.13. The molecule has 6 nitrogen and oxygen atoms in total. The zero-order valence-electron chi connectivity index (χ0n) is 11.6. The van der Waals surface area contributed by atoms with Crippen LogP contribution in [0.25, 0.3) is 22.1 Å². The van der Waals surface area contributed by atoms with E-state index in [1.54, 1.807) is 30.3 Å². The second-order valence-electron chi connectivity index (χ2n) is 4.91. The molecule has 0 saturated carbocycles. The summed E-state index contributed by atoms with van der Waals surface area (Å²) in [6, 6.07) is 12.2. The summed E-state index contributed by atoms with van der Waals surface area (Å²) in [5, 5.41) is 3.50. The first-order chi connectivity index (χ1) is 11.1. The SMILES string of the molecule is O=C(Nc1cccc2[nH]c(=O)oc12)c1cc2c(Br)cccc2o1. The molecule has 2 aromatic heterocycles. The lowest BCUT2D eigenvalue weighted by atomic mass is 10.2. The van der Waals surface area contributed by atoms with Gasteiger partial charge in [-0.1, -0.05) is 28.1 Å². The van der Waals surface area contributed by atoms with Crippen molar-refractivity contribution in [3.8, 4) is 0 Å². The van der Waals surface area contributed by atoms with Gasteiger partial charge in [-0.3, -0.25) is 9.78 Å². The van der Waals surface area contributed by atoms with Gasteiger partial charge in [0.1, 0.15) is 5.58 Å². The molecule has 0 spiro atoms. The minimum absolute atomic E-state index is 0.168. The van der Waals surface area contributed by atoms with E-state index in [2.05, 4.69) is 26.2 Å². The first kappa shape index (κ1) is 13.8. The van der Waals surface area contributed by atoms with Gasteiger partial charge in [-0.25, -0.2) is 4.79 Å². The lowest BCUT2D eigenvalue weighted by molar-refractivity contribution is 0.0998. The molecular weight excluding hydrogens is 364 g/mol. The van der Waals surface area contributed by atoms with Gasteiger partial charge in [-0.15, -0.1) is 0 Å². The van der Waals surface area contributed by atoms with Crippen molar-refractivity contribution in [3.05, 3.63) is 63.2 Å². The molecule has 0 saturated heterocycles. The maximum Gasteiger partial charge on any atom is 0.417 e. The number of oxazole rings is 1. The smallest absolute Gasteiger partial charge is 0.417 e. The van der Waals surface area contributed by atoms with Crippen molar-refractivity contribution in [2.45, 2.75) is 0 Å².